The molecule has 1 saturated heterocycles. The number of methoxy groups -OCH3 is 1. The first-order valence-electron chi connectivity index (χ1n) is 12.2. The highest BCUT2D eigenvalue weighted by Crippen LogP contribution is 2.36. The van der Waals surface area contributed by atoms with E-state index in [4.69, 9.17) is 9.47 Å². The number of fused-ring (bicyclic) bond motifs is 1. The highest BCUT2D eigenvalue weighted by Gasteiger charge is 2.34. The second-order valence-corrected chi connectivity index (χ2v) is 9.75. The zero-order chi connectivity index (χ0) is 25.4. The summed E-state index contributed by atoms with van der Waals surface area (Å²) in [5, 5.41) is 3.07. The van der Waals surface area contributed by atoms with Crippen molar-refractivity contribution in [3.63, 3.8) is 0 Å². The van der Waals surface area contributed by atoms with Crippen LogP contribution in [0.1, 0.15) is 35.8 Å². The Kier molecular flexibility index (Phi) is 6.61. The Bertz CT molecular complexity index is 1300. The summed E-state index contributed by atoms with van der Waals surface area (Å²) < 4.78 is 25.2. The highest BCUT2D eigenvalue weighted by molar-refractivity contribution is 6.09. The lowest BCUT2D eigenvalue weighted by atomic mass is 10.1. The Morgan fingerprint density at radius 3 is 2.81 bits per heavy atom. The number of hydrogen-bond donors (Lipinski definition) is 2. The van der Waals surface area contributed by atoms with Crippen LogP contribution < -0.4 is 10.1 Å². The van der Waals surface area contributed by atoms with Gasteiger partial charge in [0.05, 0.1) is 23.7 Å². The van der Waals surface area contributed by atoms with Crippen molar-refractivity contribution >= 4 is 22.8 Å². The van der Waals surface area contributed by atoms with E-state index in [1.54, 1.807) is 17.9 Å². The van der Waals surface area contributed by atoms with Gasteiger partial charge in [0.2, 0.25) is 5.91 Å². The fraction of sp³-hybridized carbons (Fsp3) is 0.462. The molecule has 1 saturated carbocycles. The van der Waals surface area contributed by atoms with Crippen molar-refractivity contribution in [2.45, 2.75) is 32.7 Å². The van der Waals surface area contributed by atoms with Crippen molar-refractivity contribution in [1.82, 2.24) is 25.2 Å². The van der Waals surface area contributed by atoms with Crippen molar-refractivity contribution in [2.75, 3.05) is 33.4 Å². The molecule has 2 amide bonds. The number of ether oxygens (including phenoxy) is 2. The topological polar surface area (TPSA) is 109 Å². The Balaban J connectivity index is 1.43. The van der Waals surface area contributed by atoms with Crippen LogP contribution >= 0.6 is 0 Å². The number of carbonyl (C=O) groups excluding carboxylic acids is 2. The molecule has 190 valence electrons. The largest absolute Gasteiger partial charge is 0.493 e. The summed E-state index contributed by atoms with van der Waals surface area (Å²) in [5.74, 6) is 0.378. The van der Waals surface area contributed by atoms with Crippen molar-refractivity contribution in [3.05, 3.63) is 41.6 Å². The normalized spacial score (nSPS) is 19.6. The molecule has 2 atom stereocenters. The number of halogens is 1. The van der Waals surface area contributed by atoms with Gasteiger partial charge >= 0.3 is 0 Å². The second kappa shape index (κ2) is 9.85. The lowest BCUT2D eigenvalue weighted by molar-refractivity contribution is -0.134. The average Bonchev–Trinajstić information content (AvgIpc) is 3.51. The van der Waals surface area contributed by atoms with Crippen molar-refractivity contribution in [2.24, 2.45) is 11.8 Å². The Hall–Kier alpha value is -3.53. The zero-order valence-electron chi connectivity index (χ0n) is 20.6. The number of H-pyrrole nitrogens is 1. The lowest BCUT2D eigenvalue weighted by Gasteiger charge is -2.17. The molecule has 3 heterocycles. The summed E-state index contributed by atoms with van der Waals surface area (Å²) >= 11 is 0. The van der Waals surface area contributed by atoms with Gasteiger partial charge in [-0.25, -0.2) is 14.4 Å². The minimum atomic E-state index is -0.403. The SMILES string of the molecule is COCC(=O)N1C[C@H](C)[C@H](NC(=O)c2c(C)[nH]c3c(-c4cc(F)ccc4OCC4CC4)ncnc23)C1. The zero-order valence-corrected chi connectivity index (χ0v) is 20.6. The maximum Gasteiger partial charge on any atom is 0.255 e. The minimum absolute atomic E-state index is 0.0150. The van der Waals surface area contributed by atoms with E-state index in [1.165, 1.54) is 25.6 Å². The summed E-state index contributed by atoms with van der Waals surface area (Å²) in [5.41, 5.74) is 2.99. The molecule has 2 N–H and O–H groups in total. The first-order valence-corrected chi connectivity index (χ1v) is 12.2. The molecule has 1 aliphatic heterocycles. The maximum absolute atomic E-state index is 14.2. The van der Waals surface area contributed by atoms with E-state index in [0.29, 0.717) is 64.9 Å². The van der Waals surface area contributed by atoms with E-state index in [9.17, 15) is 14.0 Å². The van der Waals surface area contributed by atoms with Crippen LogP contribution in [0.4, 0.5) is 4.39 Å². The summed E-state index contributed by atoms with van der Waals surface area (Å²) in [6.45, 7) is 5.36. The quantitative estimate of drug-likeness (QED) is 0.497. The van der Waals surface area contributed by atoms with Crippen LogP contribution in [0.3, 0.4) is 0 Å². The second-order valence-electron chi connectivity index (χ2n) is 9.75. The lowest BCUT2D eigenvalue weighted by Crippen LogP contribution is -2.41. The fourth-order valence-electron chi connectivity index (χ4n) is 4.72. The molecule has 10 heteroatoms. The number of benzene rings is 1. The Labute approximate surface area is 208 Å². The summed E-state index contributed by atoms with van der Waals surface area (Å²) in [4.78, 5) is 39.4. The number of hydrogen-bond acceptors (Lipinski definition) is 6. The first-order chi connectivity index (χ1) is 17.4. The van der Waals surface area contributed by atoms with Crippen molar-refractivity contribution in [1.29, 1.82) is 0 Å². The smallest absolute Gasteiger partial charge is 0.255 e. The van der Waals surface area contributed by atoms with Gasteiger partial charge in [-0.2, -0.15) is 0 Å². The van der Waals surface area contributed by atoms with Crippen LogP contribution in [-0.4, -0.2) is 71.1 Å². The average molecular weight is 496 g/mol. The number of rotatable bonds is 8. The summed E-state index contributed by atoms with van der Waals surface area (Å²) in [6, 6.07) is 4.18. The Morgan fingerprint density at radius 2 is 2.06 bits per heavy atom. The number of nitrogens with zero attached hydrogens (tertiary/aromatic N) is 3. The molecule has 0 spiro atoms. The van der Waals surface area contributed by atoms with Gasteiger partial charge in [-0.05, 0) is 49.8 Å². The predicted octanol–water partition coefficient (Wildman–Crippen LogP) is 3.08. The predicted molar refractivity (Wildman–Crippen MR) is 131 cm³/mol. The molecule has 5 rings (SSSR count). The molecule has 1 aromatic carbocycles. The van der Waals surface area contributed by atoms with Gasteiger partial charge in [0.15, 0.2) is 0 Å². The van der Waals surface area contributed by atoms with Gasteiger partial charge in [0, 0.05) is 31.5 Å². The van der Waals surface area contributed by atoms with Gasteiger partial charge in [-0.3, -0.25) is 9.59 Å². The minimum Gasteiger partial charge on any atom is -0.493 e. The van der Waals surface area contributed by atoms with Crippen LogP contribution in [0.5, 0.6) is 5.75 Å². The van der Waals surface area contributed by atoms with E-state index >= 15 is 0 Å². The first kappa shape index (κ1) is 24.2. The van der Waals surface area contributed by atoms with Gasteiger partial charge in [0.1, 0.15) is 35.7 Å². The van der Waals surface area contributed by atoms with Crippen LogP contribution in [-0.2, 0) is 9.53 Å². The number of aryl methyl sites for hydroxylation is 1. The monoisotopic (exact) mass is 495 g/mol. The van der Waals surface area contributed by atoms with Crippen LogP contribution in [0.25, 0.3) is 22.3 Å². The van der Waals surface area contributed by atoms with Crippen LogP contribution in [0.2, 0.25) is 0 Å². The number of nitrogens with one attached hydrogen (secondary N) is 2. The van der Waals surface area contributed by atoms with Crippen molar-refractivity contribution in [3.8, 4) is 17.0 Å². The molecule has 2 fully saturated rings. The molecule has 2 aliphatic rings. The van der Waals surface area contributed by atoms with E-state index in [-0.39, 0.29) is 30.4 Å². The molecule has 0 radical (unpaired) electrons. The number of likely N-dealkylation sites (tertiary alicyclic amines) is 1. The standard InChI is InChI=1S/C26H30FN5O4/c1-14-9-32(21(33)12-35-3)10-19(14)31-26(34)22-15(2)30-25-23(28-13-29-24(22)25)18-8-17(27)6-7-20(18)36-11-16-4-5-16/h6-8,13-14,16,19,30H,4-5,9-12H2,1-3H3,(H,31,34)/t14-,19+/m0/s1. The number of aromatic amines is 1. The molecular formula is C26H30FN5O4. The molecule has 9 nitrogen and oxygen atoms in total. The molecule has 36 heavy (non-hydrogen) atoms. The molecule has 1 aliphatic carbocycles. The third-order valence-corrected chi connectivity index (χ3v) is 6.92. The molecule has 3 aromatic rings. The number of aromatic nitrogens is 3. The van der Waals surface area contributed by atoms with E-state index in [2.05, 4.69) is 20.3 Å². The third-order valence-electron chi connectivity index (χ3n) is 6.92. The maximum atomic E-state index is 14.2. The molecular weight excluding hydrogens is 465 g/mol. The molecule has 0 unspecified atom stereocenters. The van der Waals surface area contributed by atoms with Gasteiger partial charge in [-0.1, -0.05) is 6.92 Å². The number of carbonyl (C=O) groups is 2. The van der Waals surface area contributed by atoms with E-state index in [0.717, 1.165) is 12.8 Å². The fourth-order valence-corrected chi connectivity index (χ4v) is 4.72. The summed E-state index contributed by atoms with van der Waals surface area (Å²) in [6.07, 6.45) is 3.65. The van der Waals surface area contributed by atoms with Gasteiger partial charge in [-0.15, -0.1) is 0 Å². The molecule has 0 bridgehead atoms. The Morgan fingerprint density at radius 1 is 1.25 bits per heavy atom. The van der Waals surface area contributed by atoms with Gasteiger partial charge < -0.3 is 24.7 Å². The highest BCUT2D eigenvalue weighted by atomic mass is 19.1. The van der Waals surface area contributed by atoms with Crippen LogP contribution in [0.15, 0.2) is 24.5 Å². The van der Waals surface area contributed by atoms with Crippen LogP contribution in [0, 0.1) is 24.6 Å². The van der Waals surface area contributed by atoms with E-state index in [1.807, 2.05) is 6.92 Å². The molecule has 2 aromatic heterocycles. The van der Waals surface area contributed by atoms with Gasteiger partial charge in [0.25, 0.3) is 5.91 Å². The van der Waals surface area contributed by atoms with Crippen molar-refractivity contribution < 1.29 is 23.5 Å². The summed E-state index contributed by atoms with van der Waals surface area (Å²) in [7, 11) is 1.48. The third kappa shape index (κ3) is 4.77. The van der Waals surface area contributed by atoms with E-state index < -0.39 is 5.82 Å². The number of amides is 2.